The van der Waals surface area contributed by atoms with Gasteiger partial charge in [-0.25, -0.2) is 0 Å². The zero-order chi connectivity index (χ0) is 19.8. The van der Waals surface area contributed by atoms with Crippen molar-refractivity contribution in [2.24, 2.45) is 0 Å². The van der Waals surface area contributed by atoms with Crippen LogP contribution in [0.1, 0.15) is 41.5 Å². The first-order valence-corrected chi connectivity index (χ1v) is 10.2. The Morgan fingerprint density at radius 3 is 2.41 bits per heavy atom. The summed E-state index contributed by atoms with van der Waals surface area (Å²) in [6.45, 7) is 3.62. The molecule has 1 aliphatic carbocycles. The van der Waals surface area contributed by atoms with E-state index in [2.05, 4.69) is 90.8 Å². The first-order valence-electron chi connectivity index (χ1n) is 10.2. The van der Waals surface area contributed by atoms with Gasteiger partial charge >= 0.3 is 0 Å². The smallest absolute Gasteiger partial charge is 0.243 e. The van der Waals surface area contributed by atoms with E-state index in [1.165, 1.54) is 44.3 Å². The number of amides is 1. The van der Waals surface area contributed by atoms with Crippen molar-refractivity contribution in [1.29, 1.82) is 0 Å². The number of carbonyl (C=O) groups excluding carboxylic acids is 1. The molecule has 2 atom stereocenters. The number of carbonyl (C=O) groups is 1. The minimum atomic E-state index is -0.113. The van der Waals surface area contributed by atoms with E-state index in [4.69, 9.17) is 0 Å². The Bertz CT molecular complexity index is 1240. The topological polar surface area (TPSA) is 29.1 Å². The van der Waals surface area contributed by atoms with Crippen LogP contribution >= 0.6 is 0 Å². The van der Waals surface area contributed by atoms with Gasteiger partial charge in [0.1, 0.15) is 0 Å². The average Bonchev–Trinajstić information content (AvgIpc) is 2.78. The Balaban J connectivity index is 1.67. The van der Waals surface area contributed by atoms with Gasteiger partial charge < -0.3 is 5.32 Å². The SMILES string of the molecule is C=CC(=O)N[C@@H]1CC[C@@H](c2ccc3ccccc3c2)c2ccc3ccccc3c21. The minimum Gasteiger partial charge on any atom is -0.346 e. The molecule has 0 heterocycles. The van der Waals surface area contributed by atoms with Gasteiger partial charge in [0, 0.05) is 5.92 Å². The van der Waals surface area contributed by atoms with Crippen LogP contribution in [-0.4, -0.2) is 5.91 Å². The molecule has 29 heavy (non-hydrogen) atoms. The summed E-state index contributed by atoms with van der Waals surface area (Å²) in [4.78, 5) is 12.1. The van der Waals surface area contributed by atoms with E-state index in [-0.39, 0.29) is 11.9 Å². The van der Waals surface area contributed by atoms with Crippen molar-refractivity contribution in [1.82, 2.24) is 5.32 Å². The number of fused-ring (bicyclic) bond motifs is 4. The summed E-state index contributed by atoms with van der Waals surface area (Å²) in [5.74, 6) is 0.217. The molecule has 0 fully saturated rings. The predicted octanol–water partition coefficient (Wildman–Crippen LogP) is 6.26. The average molecular weight is 377 g/mol. The standard InChI is InChI=1S/C27H23NO/c1-2-26(29)28-25-16-15-22(21-12-11-18-7-3-4-9-20(18)17-21)24-14-13-19-8-5-6-10-23(19)27(24)25/h2-14,17,22,25H,1,15-16H2,(H,28,29)/t22-,25+/m0/s1. The molecule has 0 radical (unpaired) electrons. The van der Waals surface area contributed by atoms with Crippen LogP contribution in [0.15, 0.2) is 91.5 Å². The second-order valence-corrected chi connectivity index (χ2v) is 7.79. The molecule has 2 heteroatoms. The third-order valence-corrected chi connectivity index (χ3v) is 6.15. The minimum absolute atomic E-state index is 0.0123. The fourth-order valence-electron chi connectivity index (χ4n) is 4.78. The lowest BCUT2D eigenvalue weighted by Crippen LogP contribution is -2.31. The molecule has 2 nitrogen and oxygen atoms in total. The molecule has 1 aliphatic rings. The first kappa shape index (κ1) is 17.7. The van der Waals surface area contributed by atoms with Crippen LogP contribution < -0.4 is 5.32 Å². The van der Waals surface area contributed by atoms with E-state index in [0.717, 1.165) is 12.8 Å². The highest BCUT2D eigenvalue weighted by molar-refractivity contribution is 5.91. The third-order valence-electron chi connectivity index (χ3n) is 6.15. The maximum atomic E-state index is 12.1. The van der Waals surface area contributed by atoms with Crippen LogP contribution in [0.4, 0.5) is 0 Å². The number of hydrogen-bond acceptors (Lipinski definition) is 1. The molecule has 0 spiro atoms. The lowest BCUT2D eigenvalue weighted by atomic mass is 9.74. The van der Waals surface area contributed by atoms with Gasteiger partial charge in [0.05, 0.1) is 6.04 Å². The molecule has 0 aliphatic heterocycles. The van der Waals surface area contributed by atoms with Crippen LogP contribution in [0.25, 0.3) is 21.5 Å². The predicted molar refractivity (Wildman–Crippen MR) is 120 cm³/mol. The molecule has 5 rings (SSSR count). The number of hydrogen-bond donors (Lipinski definition) is 1. The van der Waals surface area contributed by atoms with E-state index >= 15 is 0 Å². The lowest BCUT2D eigenvalue weighted by molar-refractivity contribution is -0.117. The molecule has 4 aromatic carbocycles. The molecule has 0 saturated carbocycles. The molecule has 1 N–H and O–H groups in total. The van der Waals surface area contributed by atoms with Gasteiger partial charge in [-0.1, -0.05) is 85.4 Å². The largest absolute Gasteiger partial charge is 0.346 e. The number of rotatable bonds is 3. The van der Waals surface area contributed by atoms with Gasteiger partial charge in [-0.2, -0.15) is 0 Å². The van der Waals surface area contributed by atoms with E-state index in [9.17, 15) is 4.79 Å². The monoisotopic (exact) mass is 377 g/mol. The summed E-state index contributed by atoms with van der Waals surface area (Å²) in [6.07, 6.45) is 3.28. The summed E-state index contributed by atoms with van der Waals surface area (Å²) in [5.41, 5.74) is 3.91. The van der Waals surface area contributed by atoms with E-state index in [1.54, 1.807) is 0 Å². The Labute approximate surface area is 170 Å². The van der Waals surface area contributed by atoms with Crippen molar-refractivity contribution in [2.75, 3.05) is 0 Å². The van der Waals surface area contributed by atoms with Crippen molar-refractivity contribution < 1.29 is 4.79 Å². The molecule has 0 saturated heterocycles. The molecular formula is C27H23NO. The molecular weight excluding hydrogens is 354 g/mol. The van der Waals surface area contributed by atoms with Crippen LogP contribution in [0, 0.1) is 0 Å². The van der Waals surface area contributed by atoms with Gasteiger partial charge in [0.2, 0.25) is 5.91 Å². The van der Waals surface area contributed by atoms with Gasteiger partial charge in [0.15, 0.2) is 0 Å². The summed E-state index contributed by atoms with van der Waals surface area (Å²) in [5, 5.41) is 8.14. The van der Waals surface area contributed by atoms with E-state index in [0.29, 0.717) is 5.92 Å². The second-order valence-electron chi connectivity index (χ2n) is 7.79. The molecule has 0 unspecified atom stereocenters. The summed E-state index contributed by atoms with van der Waals surface area (Å²) >= 11 is 0. The Hall–Kier alpha value is -3.39. The van der Waals surface area contributed by atoms with Gasteiger partial charge in [0.25, 0.3) is 0 Å². The highest BCUT2D eigenvalue weighted by atomic mass is 16.1. The van der Waals surface area contributed by atoms with Gasteiger partial charge in [-0.15, -0.1) is 0 Å². The molecule has 0 aromatic heterocycles. The number of nitrogens with one attached hydrogen (secondary N) is 1. The Morgan fingerprint density at radius 1 is 0.862 bits per heavy atom. The van der Waals surface area contributed by atoms with E-state index < -0.39 is 0 Å². The molecule has 142 valence electrons. The first-order chi connectivity index (χ1) is 14.2. The van der Waals surface area contributed by atoms with Crippen molar-refractivity contribution in [3.63, 3.8) is 0 Å². The van der Waals surface area contributed by atoms with Crippen LogP contribution in [0.3, 0.4) is 0 Å². The maximum Gasteiger partial charge on any atom is 0.243 e. The second kappa shape index (κ2) is 7.21. The fourth-order valence-corrected chi connectivity index (χ4v) is 4.78. The zero-order valence-corrected chi connectivity index (χ0v) is 16.3. The summed E-state index contributed by atoms with van der Waals surface area (Å²) in [7, 11) is 0. The highest BCUT2D eigenvalue weighted by Crippen LogP contribution is 2.44. The van der Waals surface area contributed by atoms with Crippen molar-refractivity contribution >= 4 is 27.5 Å². The molecule has 0 bridgehead atoms. The van der Waals surface area contributed by atoms with E-state index in [1.807, 2.05) is 0 Å². The lowest BCUT2D eigenvalue weighted by Gasteiger charge is -2.33. The zero-order valence-electron chi connectivity index (χ0n) is 16.3. The molecule has 1 amide bonds. The highest BCUT2D eigenvalue weighted by Gasteiger charge is 2.30. The fraction of sp³-hybridized carbons (Fsp3) is 0.148. The van der Waals surface area contributed by atoms with Gasteiger partial charge in [-0.3, -0.25) is 4.79 Å². The third kappa shape index (κ3) is 3.11. The molecule has 4 aromatic rings. The quantitative estimate of drug-likeness (QED) is 0.419. The van der Waals surface area contributed by atoms with Crippen molar-refractivity contribution in [2.45, 2.75) is 24.8 Å². The van der Waals surface area contributed by atoms with Crippen LogP contribution in [0.2, 0.25) is 0 Å². The normalized spacial score (nSPS) is 18.3. The van der Waals surface area contributed by atoms with Gasteiger partial charge in [-0.05, 0) is 57.2 Å². The summed E-state index contributed by atoms with van der Waals surface area (Å²) in [6, 6.07) is 28.2. The van der Waals surface area contributed by atoms with Crippen molar-refractivity contribution in [3.8, 4) is 0 Å². The number of benzene rings is 4. The van der Waals surface area contributed by atoms with Crippen LogP contribution in [-0.2, 0) is 4.79 Å². The Morgan fingerprint density at radius 2 is 1.59 bits per heavy atom. The van der Waals surface area contributed by atoms with Crippen LogP contribution in [0.5, 0.6) is 0 Å². The van der Waals surface area contributed by atoms with Crippen molar-refractivity contribution in [3.05, 3.63) is 108 Å². The summed E-state index contributed by atoms with van der Waals surface area (Å²) < 4.78 is 0. The Kier molecular flexibility index (Phi) is 4.40. The maximum absolute atomic E-state index is 12.1.